The molecule has 0 heterocycles. The number of carboxylic acids is 2. The van der Waals surface area contributed by atoms with Gasteiger partial charge in [-0.2, -0.15) is 12.6 Å². The number of rotatable bonds is 5. The molecule has 1 rings (SSSR count). The van der Waals surface area contributed by atoms with Crippen LogP contribution in [0.4, 0.5) is 0 Å². The molecule has 80 valence electrons. The van der Waals surface area contributed by atoms with E-state index in [9.17, 15) is 9.59 Å². The van der Waals surface area contributed by atoms with Gasteiger partial charge in [0.25, 0.3) is 0 Å². The van der Waals surface area contributed by atoms with Crippen molar-refractivity contribution < 1.29 is 19.8 Å². The molecule has 0 amide bonds. The molecule has 4 nitrogen and oxygen atoms in total. The van der Waals surface area contributed by atoms with Gasteiger partial charge in [0, 0.05) is 5.25 Å². The minimum atomic E-state index is -0.930. The van der Waals surface area contributed by atoms with Gasteiger partial charge < -0.3 is 10.2 Å². The maximum Gasteiger partial charge on any atom is 0.307 e. The number of carboxylic acid groups (broad SMARTS) is 2. The molecule has 2 N–H and O–H groups in total. The van der Waals surface area contributed by atoms with Crippen LogP contribution in [-0.2, 0) is 9.59 Å². The van der Waals surface area contributed by atoms with E-state index in [1.165, 1.54) is 0 Å². The highest BCUT2D eigenvalue weighted by molar-refractivity contribution is 7.81. The number of hydrogen-bond acceptors (Lipinski definition) is 3. The van der Waals surface area contributed by atoms with Gasteiger partial charge in [-0.1, -0.05) is 6.92 Å². The first-order chi connectivity index (χ1) is 6.49. The minimum Gasteiger partial charge on any atom is -0.481 e. The third-order valence-corrected chi connectivity index (χ3v) is 3.42. The molecule has 1 saturated carbocycles. The third kappa shape index (κ3) is 2.20. The Morgan fingerprint density at radius 2 is 2.07 bits per heavy atom. The van der Waals surface area contributed by atoms with Crippen LogP contribution < -0.4 is 0 Å². The van der Waals surface area contributed by atoms with Crippen LogP contribution in [0.15, 0.2) is 0 Å². The van der Waals surface area contributed by atoms with E-state index in [1.807, 2.05) is 6.92 Å². The Hall–Kier alpha value is -0.710. The number of aliphatic carboxylic acids is 2. The van der Waals surface area contributed by atoms with Crippen LogP contribution in [0, 0.1) is 17.8 Å². The summed E-state index contributed by atoms with van der Waals surface area (Å²) in [4.78, 5) is 21.5. The second-order valence-electron chi connectivity index (χ2n) is 3.68. The average molecular weight is 218 g/mol. The molecular weight excluding hydrogens is 204 g/mol. The molecule has 0 spiro atoms. The van der Waals surface area contributed by atoms with Gasteiger partial charge in [0.15, 0.2) is 0 Å². The number of carbonyl (C=O) groups is 2. The van der Waals surface area contributed by atoms with Crippen molar-refractivity contribution in [3.05, 3.63) is 0 Å². The quantitative estimate of drug-likeness (QED) is 0.604. The molecule has 0 saturated heterocycles. The van der Waals surface area contributed by atoms with Gasteiger partial charge >= 0.3 is 11.9 Å². The Labute approximate surface area is 87.7 Å². The van der Waals surface area contributed by atoms with Crippen LogP contribution >= 0.6 is 12.6 Å². The number of hydrogen-bond donors (Lipinski definition) is 3. The largest absolute Gasteiger partial charge is 0.481 e. The fourth-order valence-electron chi connectivity index (χ4n) is 1.78. The lowest BCUT2D eigenvalue weighted by molar-refractivity contribution is -0.143. The summed E-state index contributed by atoms with van der Waals surface area (Å²) in [6.07, 6.45) is 1.12. The molecule has 4 atom stereocenters. The molecule has 0 aromatic rings. The molecule has 14 heavy (non-hydrogen) atoms. The average Bonchev–Trinajstić information content (AvgIpc) is 2.83. The van der Waals surface area contributed by atoms with E-state index in [0.29, 0.717) is 12.8 Å². The lowest BCUT2D eigenvalue weighted by Gasteiger charge is -2.17. The zero-order valence-corrected chi connectivity index (χ0v) is 8.78. The first kappa shape index (κ1) is 11.4. The fraction of sp³-hybridized carbons (Fsp3) is 0.778. The van der Waals surface area contributed by atoms with E-state index >= 15 is 0 Å². The van der Waals surface area contributed by atoms with Crippen molar-refractivity contribution in [2.75, 3.05) is 0 Å². The highest BCUT2D eigenvalue weighted by atomic mass is 32.1. The Bertz CT molecular complexity index is 253. The van der Waals surface area contributed by atoms with Crippen molar-refractivity contribution in [1.29, 1.82) is 0 Å². The van der Waals surface area contributed by atoms with Crippen molar-refractivity contribution in [1.82, 2.24) is 0 Å². The van der Waals surface area contributed by atoms with Crippen molar-refractivity contribution in [3.8, 4) is 0 Å². The summed E-state index contributed by atoms with van der Waals surface area (Å²) in [5.41, 5.74) is 0. The second-order valence-corrected chi connectivity index (χ2v) is 4.35. The molecule has 0 aromatic carbocycles. The fourth-order valence-corrected chi connectivity index (χ4v) is 2.13. The monoisotopic (exact) mass is 218 g/mol. The summed E-state index contributed by atoms with van der Waals surface area (Å²) < 4.78 is 0. The van der Waals surface area contributed by atoms with Gasteiger partial charge in [-0.15, -0.1) is 0 Å². The Morgan fingerprint density at radius 1 is 1.50 bits per heavy atom. The molecule has 0 aromatic heterocycles. The topological polar surface area (TPSA) is 74.6 Å². The summed E-state index contributed by atoms with van der Waals surface area (Å²) in [5.74, 6) is -3.15. The van der Waals surface area contributed by atoms with E-state index in [0.717, 1.165) is 0 Å². The van der Waals surface area contributed by atoms with Crippen molar-refractivity contribution in [3.63, 3.8) is 0 Å². The first-order valence-corrected chi connectivity index (χ1v) is 5.14. The van der Waals surface area contributed by atoms with Crippen LogP contribution in [0.5, 0.6) is 0 Å². The zero-order valence-electron chi connectivity index (χ0n) is 7.88. The Balaban J connectivity index is 2.63. The van der Waals surface area contributed by atoms with E-state index in [-0.39, 0.29) is 11.2 Å². The van der Waals surface area contributed by atoms with Crippen molar-refractivity contribution >= 4 is 24.6 Å². The standard InChI is InChI=1S/C9H14O4S/c1-2-6(14)7(9(12)13)4-3-5(4)8(10)11/h4-7,14H,2-3H2,1H3,(H,10,11)(H,12,13). The molecule has 1 aliphatic carbocycles. The zero-order chi connectivity index (χ0) is 10.9. The smallest absolute Gasteiger partial charge is 0.307 e. The summed E-state index contributed by atoms with van der Waals surface area (Å²) in [6.45, 7) is 1.85. The van der Waals surface area contributed by atoms with Gasteiger partial charge in [-0.25, -0.2) is 0 Å². The van der Waals surface area contributed by atoms with E-state index in [1.54, 1.807) is 0 Å². The molecule has 5 heteroatoms. The molecule has 0 bridgehead atoms. The molecular formula is C9H14O4S. The van der Waals surface area contributed by atoms with Crippen LogP contribution in [0.2, 0.25) is 0 Å². The maximum atomic E-state index is 10.9. The van der Waals surface area contributed by atoms with Crippen LogP contribution in [0.3, 0.4) is 0 Å². The Kier molecular flexibility index (Phi) is 3.42. The van der Waals surface area contributed by atoms with Gasteiger partial charge in [0.2, 0.25) is 0 Å². The Morgan fingerprint density at radius 3 is 2.36 bits per heavy atom. The van der Waals surface area contributed by atoms with E-state index in [4.69, 9.17) is 10.2 Å². The van der Waals surface area contributed by atoms with Gasteiger partial charge in [0.05, 0.1) is 11.8 Å². The molecule has 0 radical (unpaired) electrons. The van der Waals surface area contributed by atoms with Crippen molar-refractivity contribution in [2.24, 2.45) is 17.8 Å². The summed E-state index contributed by atoms with van der Waals surface area (Å²) in [7, 11) is 0. The third-order valence-electron chi connectivity index (χ3n) is 2.74. The molecule has 1 fully saturated rings. The SMILES string of the molecule is CCC(S)C(C(=O)O)C1CC1C(=O)O. The summed E-state index contributed by atoms with van der Waals surface area (Å²) in [6, 6.07) is 0. The molecule has 0 aliphatic heterocycles. The van der Waals surface area contributed by atoms with Gasteiger partial charge in [-0.05, 0) is 18.8 Å². The lowest BCUT2D eigenvalue weighted by Crippen LogP contribution is -2.27. The van der Waals surface area contributed by atoms with Crippen molar-refractivity contribution in [2.45, 2.75) is 25.0 Å². The van der Waals surface area contributed by atoms with Crippen LogP contribution in [0.25, 0.3) is 0 Å². The van der Waals surface area contributed by atoms with Crippen LogP contribution in [-0.4, -0.2) is 27.4 Å². The summed E-state index contributed by atoms with van der Waals surface area (Å²) in [5, 5.41) is 17.4. The minimum absolute atomic E-state index is 0.229. The van der Waals surface area contributed by atoms with Gasteiger partial charge in [0.1, 0.15) is 0 Å². The van der Waals surface area contributed by atoms with E-state index in [2.05, 4.69) is 12.6 Å². The van der Waals surface area contributed by atoms with Crippen LogP contribution in [0.1, 0.15) is 19.8 Å². The highest BCUT2D eigenvalue weighted by Gasteiger charge is 2.52. The predicted octanol–water partition coefficient (Wildman–Crippen LogP) is 1.12. The maximum absolute atomic E-state index is 10.9. The molecule has 1 aliphatic rings. The lowest BCUT2D eigenvalue weighted by atomic mass is 9.96. The summed E-state index contributed by atoms with van der Waals surface area (Å²) >= 11 is 4.18. The predicted molar refractivity (Wildman–Crippen MR) is 53.4 cm³/mol. The molecule has 4 unspecified atom stereocenters. The second kappa shape index (κ2) is 4.21. The van der Waals surface area contributed by atoms with E-state index < -0.39 is 23.8 Å². The first-order valence-electron chi connectivity index (χ1n) is 4.62. The normalized spacial score (nSPS) is 29.3. The highest BCUT2D eigenvalue weighted by Crippen LogP contribution is 2.47. The van der Waals surface area contributed by atoms with Gasteiger partial charge in [-0.3, -0.25) is 9.59 Å². The number of thiol groups is 1.